The molecule has 3 rings (SSSR count). The Balaban J connectivity index is 1.48. The maximum Gasteiger partial charge on any atom is 0.223 e. The molecule has 1 aliphatic carbocycles. The predicted octanol–water partition coefficient (Wildman–Crippen LogP) is 2.65. The topological polar surface area (TPSA) is 63.2 Å². The van der Waals surface area contributed by atoms with Gasteiger partial charge >= 0.3 is 0 Å². The number of pyridine rings is 1. The third kappa shape index (κ3) is 4.94. The zero-order valence-corrected chi connectivity index (χ0v) is 14.6. The molecule has 2 heterocycles. The van der Waals surface area contributed by atoms with E-state index in [-0.39, 0.29) is 17.9 Å². The SMILES string of the molecule is CC1CCC(Oc2cc(CNC(=O)C3CCNCC3)ccn2)CC1. The normalized spacial score (nSPS) is 25.2. The molecule has 1 aromatic heterocycles. The number of ether oxygens (including phenoxy) is 1. The molecule has 132 valence electrons. The van der Waals surface area contributed by atoms with Gasteiger partial charge in [0.05, 0.1) is 0 Å². The van der Waals surface area contributed by atoms with Gasteiger partial charge in [0.2, 0.25) is 11.8 Å². The van der Waals surface area contributed by atoms with Gasteiger partial charge in [-0.2, -0.15) is 0 Å². The fourth-order valence-electron chi connectivity index (χ4n) is 3.56. The van der Waals surface area contributed by atoms with Crippen molar-refractivity contribution < 1.29 is 9.53 Å². The number of carbonyl (C=O) groups is 1. The lowest BCUT2D eigenvalue weighted by Crippen LogP contribution is -2.37. The Kier molecular flexibility index (Phi) is 6.07. The van der Waals surface area contributed by atoms with Crippen molar-refractivity contribution in [3.05, 3.63) is 23.9 Å². The molecule has 0 atom stereocenters. The fraction of sp³-hybridized carbons (Fsp3) is 0.684. The van der Waals surface area contributed by atoms with Crippen LogP contribution in [0.3, 0.4) is 0 Å². The van der Waals surface area contributed by atoms with E-state index in [2.05, 4.69) is 22.5 Å². The highest BCUT2D eigenvalue weighted by Crippen LogP contribution is 2.26. The first-order chi connectivity index (χ1) is 11.7. The highest BCUT2D eigenvalue weighted by Gasteiger charge is 2.21. The Bertz CT molecular complexity index is 535. The van der Waals surface area contributed by atoms with Crippen LogP contribution < -0.4 is 15.4 Å². The highest BCUT2D eigenvalue weighted by atomic mass is 16.5. The van der Waals surface area contributed by atoms with E-state index in [9.17, 15) is 4.79 Å². The Morgan fingerprint density at radius 2 is 2.00 bits per heavy atom. The quantitative estimate of drug-likeness (QED) is 0.871. The molecule has 1 amide bonds. The van der Waals surface area contributed by atoms with Crippen molar-refractivity contribution in [2.45, 2.75) is 58.1 Å². The number of nitrogens with zero attached hydrogens (tertiary/aromatic N) is 1. The van der Waals surface area contributed by atoms with E-state index in [1.54, 1.807) is 6.20 Å². The first kappa shape index (κ1) is 17.2. The summed E-state index contributed by atoms with van der Waals surface area (Å²) in [6, 6.07) is 3.90. The van der Waals surface area contributed by atoms with Crippen LogP contribution in [0.5, 0.6) is 5.88 Å². The summed E-state index contributed by atoms with van der Waals surface area (Å²) in [6.45, 7) is 4.72. The summed E-state index contributed by atoms with van der Waals surface area (Å²) in [5, 5.41) is 6.34. The van der Waals surface area contributed by atoms with Crippen LogP contribution in [0.25, 0.3) is 0 Å². The Labute approximate surface area is 144 Å². The van der Waals surface area contributed by atoms with Crippen LogP contribution >= 0.6 is 0 Å². The lowest BCUT2D eigenvalue weighted by Gasteiger charge is -2.26. The molecule has 5 heteroatoms. The van der Waals surface area contributed by atoms with E-state index in [0.29, 0.717) is 12.4 Å². The van der Waals surface area contributed by atoms with Crippen LogP contribution in [0.4, 0.5) is 0 Å². The van der Waals surface area contributed by atoms with Gasteiger partial charge in [-0.3, -0.25) is 4.79 Å². The standard InChI is InChI=1S/C19H29N3O2/c1-14-2-4-17(5-3-14)24-18-12-15(6-11-21-18)13-22-19(23)16-7-9-20-10-8-16/h6,11-12,14,16-17,20H,2-5,7-10,13H2,1H3,(H,22,23). The average Bonchev–Trinajstić information content (AvgIpc) is 2.63. The number of aromatic nitrogens is 1. The summed E-state index contributed by atoms with van der Waals surface area (Å²) < 4.78 is 6.04. The summed E-state index contributed by atoms with van der Waals surface area (Å²) in [5.74, 6) is 1.81. The zero-order valence-electron chi connectivity index (χ0n) is 14.6. The molecule has 1 aromatic rings. The number of nitrogens with one attached hydrogen (secondary N) is 2. The molecule has 0 radical (unpaired) electrons. The van der Waals surface area contributed by atoms with Gasteiger partial charge in [0.15, 0.2) is 0 Å². The molecule has 0 bridgehead atoms. The number of hydrogen-bond donors (Lipinski definition) is 2. The lowest BCUT2D eigenvalue weighted by molar-refractivity contribution is -0.125. The number of rotatable bonds is 5. The van der Waals surface area contributed by atoms with Gasteiger partial charge in [-0.05, 0) is 69.2 Å². The molecule has 1 saturated carbocycles. The van der Waals surface area contributed by atoms with Crippen molar-refractivity contribution in [2.75, 3.05) is 13.1 Å². The van der Waals surface area contributed by atoms with E-state index in [1.807, 2.05) is 12.1 Å². The molecule has 0 aromatic carbocycles. The summed E-state index contributed by atoms with van der Waals surface area (Å²) in [6.07, 6.45) is 8.60. The second-order valence-electron chi connectivity index (χ2n) is 7.24. The summed E-state index contributed by atoms with van der Waals surface area (Å²) in [4.78, 5) is 16.5. The van der Waals surface area contributed by atoms with Crippen molar-refractivity contribution >= 4 is 5.91 Å². The predicted molar refractivity (Wildman–Crippen MR) is 93.7 cm³/mol. The number of amides is 1. The average molecular weight is 331 g/mol. The number of hydrogen-bond acceptors (Lipinski definition) is 4. The second-order valence-corrected chi connectivity index (χ2v) is 7.24. The Morgan fingerprint density at radius 1 is 1.25 bits per heavy atom. The molecule has 1 saturated heterocycles. The Hall–Kier alpha value is -1.62. The van der Waals surface area contributed by atoms with Gasteiger partial charge in [0, 0.05) is 24.7 Å². The molecular formula is C19H29N3O2. The van der Waals surface area contributed by atoms with E-state index in [0.717, 1.165) is 50.3 Å². The van der Waals surface area contributed by atoms with Crippen LogP contribution in [0.15, 0.2) is 18.3 Å². The van der Waals surface area contributed by atoms with Crippen molar-refractivity contribution in [1.82, 2.24) is 15.6 Å². The largest absolute Gasteiger partial charge is 0.474 e. The van der Waals surface area contributed by atoms with Crippen molar-refractivity contribution in [2.24, 2.45) is 11.8 Å². The zero-order chi connectivity index (χ0) is 16.8. The minimum Gasteiger partial charge on any atom is -0.474 e. The monoisotopic (exact) mass is 331 g/mol. The first-order valence-electron chi connectivity index (χ1n) is 9.30. The molecule has 2 aliphatic rings. The molecule has 2 N–H and O–H groups in total. The van der Waals surface area contributed by atoms with Gasteiger partial charge in [-0.15, -0.1) is 0 Å². The molecule has 5 nitrogen and oxygen atoms in total. The van der Waals surface area contributed by atoms with E-state index >= 15 is 0 Å². The van der Waals surface area contributed by atoms with Crippen molar-refractivity contribution in [1.29, 1.82) is 0 Å². The molecule has 1 aliphatic heterocycles. The summed E-state index contributed by atoms with van der Waals surface area (Å²) >= 11 is 0. The molecular weight excluding hydrogens is 302 g/mol. The van der Waals surface area contributed by atoms with Gasteiger partial charge in [0.25, 0.3) is 0 Å². The molecule has 0 spiro atoms. The van der Waals surface area contributed by atoms with E-state index in [1.165, 1.54) is 12.8 Å². The molecule has 0 unspecified atom stereocenters. The summed E-state index contributed by atoms with van der Waals surface area (Å²) in [7, 11) is 0. The molecule has 2 fully saturated rings. The van der Waals surface area contributed by atoms with Crippen LogP contribution in [-0.2, 0) is 11.3 Å². The van der Waals surface area contributed by atoms with Crippen LogP contribution in [0, 0.1) is 11.8 Å². The minimum absolute atomic E-state index is 0.146. The maximum atomic E-state index is 12.2. The highest BCUT2D eigenvalue weighted by molar-refractivity contribution is 5.78. The van der Waals surface area contributed by atoms with Gasteiger partial charge < -0.3 is 15.4 Å². The van der Waals surface area contributed by atoms with Crippen LogP contribution in [0.1, 0.15) is 51.0 Å². The lowest BCUT2D eigenvalue weighted by atomic mass is 9.89. The number of carbonyl (C=O) groups excluding carboxylic acids is 1. The third-order valence-corrected chi connectivity index (χ3v) is 5.23. The van der Waals surface area contributed by atoms with E-state index < -0.39 is 0 Å². The number of piperidine rings is 1. The maximum absolute atomic E-state index is 12.2. The third-order valence-electron chi connectivity index (χ3n) is 5.23. The van der Waals surface area contributed by atoms with Gasteiger partial charge in [-0.1, -0.05) is 6.92 Å². The van der Waals surface area contributed by atoms with E-state index in [4.69, 9.17) is 4.74 Å². The van der Waals surface area contributed by atoms with Crippen molar-refractivity contribution in [3.63, 3.8) is 0 Å². The summed E-state index contributed by atoms with van der Waals surface area (Å²) in [5.41, 5.74) is 1.05. The van der Waals surface area contributed by atoms with Crippen molar-refractivity contribution in [3.8, 4) is 5.88 Å². The minimum atomic E-state index is 0.146. The van der Waals surface area contributed by atoms with Crippen LogP contribution in [0.2, 0.25) is 0 Å². The fourth-order valence-corrected chi connectivity index (χ4v) is 3.56. The second kappa shape index (κ2) is 8.47. The molecule has 24 heavy (non-hydrogen) atoms. The smallest absolute Gasteiger partial charge is 0.223 e. The first-order valence-corrected chi connectivity index (χ1v) is 9.30. The Morgan fingerprint density at radius 3 is 2.75 bits per heavy atom. The van der Waals surface area contributed by atoms with Gasteiger partial charge in [-0.25, -0.2) is 4.98 Å². The van der Waals surface area contributed by atoms with Crippen LogP contribution in [-0.4, -0.2) is 30.1 Å². The van der Waals surface area contributed by atoms with Gasteiger partial charge in [0.1, 0.15) is 6.10 Å².